The van der Waals surface area contributed by atoms with Gasteiger partial charge < -0.3 is 0 Å². The van der Waals surface area contributed by atoms with E-state index >= 15 is 0 Å². The van der Waals surface area contributed by atoms with Crippen LogP contribution in [0.4, 0.5) is 0 Å². The van der Waals surface area contributed by atoms with Crippen LogP contribution < -0.4 is 0 Å². The fourth-order valence-electron chi connectivity index (χ4n) is 0.794. The molecule has 0 aliphatic heterocycles. The molecule has 0 radical (unpaired) electrons. The molecule has 0 aliphatic rings. The average molecular weight is 180 g/mol. The largest absolute Gasteiger partial charge is 0.300 e. The molecule has 0 heterocycles. The number of Topliss-reactive ketones (excluding diaryl/α,β-unsaturated/α-hetero) is 1. The van der Waals surface area contributed by atoms with Crippen molar-refractivity contribution in [3.63, 3.8) is 0 Å². The highest BCUT2D eigenvalue weighted by Gasteiger charge is 1.86. The Balaban J connectivity index is 2.52. The van der Waals surface area contributed by atoms with Crippen LogP contribution in [0.25, 0.3) is 0 Å². The van der Waals surface area contributed by atoms with Crippen LogP contribution in [-0.2, 0) is 4.79 Å². The summed E-state index contributed by atoms with van der Waals surface area (Å²) in [4.78, 5) is 11.8. The van der Waals surface area contributed by atoms with Crippen molar-refractivity contribution in [3.8, 4) is 0 Å². The number of thiol groups is 1. The summed E-state index contributed by atoms with van der Waals surface area (Å²) in [6.45, 7) is 1.61. The van der Waals surface area contributed by atoms with Gasteiger partial charge in [0.1, 0.15) is 5.78 Å². The molecule has 0 fully saturated rings. The maximum absolute atomic E-state index is 10.6. The molecule has 0 spiro atoms. The highest BCUT2D eigenvalue weighted by molar-refractivity contribution is 7.97. The predicted molar refractivity (Wildman–Crippen MR) is 55.1 cm³/mol. The zero-order valence-corrected chi connectivity index (χ0v) is 7.92. The number of benzene rings is 1. The molecule has 0 unspecified atom stereocenters. The summed E-state index contributed by atoms with van der Waals surface area (Å²) in [5.41, 5.74) is 0. The minimum atomic E-state index is 0.221. The van der Waals surface area contributed by atoms with Crippen molar-refractivity contribution >= 4 is 22.5 Å². The fraction of sp³-hybridized carbons (Fsp3) is 0.200. The lowest BCUT2D eigenvalue weighted by molar-refractivity contribution is -0.115. The van der Waals surface area contributed by atoms with Gasteiger partial charge in [-0.15, -0.1) is 0 Å². The van der Waals surface area contributed by atoms with Gasteiger partial charge in [0, 0.05) is 6.42 Å². The van der Waals surface area contributed by atoms with E-state index in [-0.39, 0.29) is 5.78 Å². The van der Waals surface area contributed by atoms with Gasteiger partial charge in [-0.2, -0.15) is 11.4 Å². The summed E-state index contributed by atoms with van der Waals surface area (Å²) in [5.74, 6) is 0.221. The standard InChI is InChI=1S/C10H12OS/c1-9(11)7-8-12-10-5-3-2-4-6-10/h2-6,8,12H,7H2,1H3. The molecule has 0 saturated heterocycles. The molecule has 1 aromatic carbocycles. The van der Waals surface area contributed by atoms with E-state index in [9.17, 15) is 4.79 Å². The number of carbonyl (C=O) groups is 1. The van der Waals surface area contributed by atoms with Gasteiger partial charge in [0.05, 0.1) is 0 Å². The monoisotopic (exact) mass is 180 g/mol. The summed E-state index contributed by atoms with van der Waals surface area (Å²) < 4.78 is 0. The highest BCUT2D eigenvalue weighted by Crippen LogP contribution is 2.08. The van der Waals surface area contributed by atoms with E-state index in [1.165, 1.54) is 4.90 Å². The number of rotatable bonds is 3. The second-order valence-corrected chi connectivity index (χ2v) is 3.69. The van der Waals surface area contributed by atoms with Crippen molar-refractivity contribution in [2.45, 2.75) is 18.2 Å². The smallest absolute Gasteiger partial charge is 0.134 e. The molecule has 12 heavy (non-hydrogen) atoms. The topological polar surface area (TPSA) is 17.1 Å². The quantitative estimate of drug-likeness (QED) is 0.558. The molecule has 1 aromatic rings. The van der Waals surface area contributed by atoms with Crippen LogP contribution in [-0.4, -0.2) is 11.2 Å². The molecule has 1 rings (SSSR count). The summed E-state index contributed by atoms with van der Waals surface area (Å²) in [5, 5.41) is 1.98. The van der Waals surface area contributed by atoms with Crippen molar-refractivity contribution in [2.24, 2.45) is 0 Å². The van der Waals surface area contributed by atoms with Crippen molar-refractivity contribution in [3.05, 3.63) is 30.3 Å². The molecule has 0 N–H and O–H groups in total. The first-order valence-corrected chi connectivity index (χ1v) is 4.82. The molecule has 0 bridgehead atoms. The molecular formula is C10H12OS. The first-order valence-electron chi connectivity index (χ1n) is 3.86. The van der Waals surface area contributed by atoms with Crippen LogP contribution in [0.1, 0.15) is 13.3 Å². The van der Waals surface area contributed by atoms with E-state index in [4.69, 9.17) is 0 Å². The van der Waals surface area contributed by atoms with Crippen LogP contribution in [0, 0.1) is 0 Å². The Bertz CT molecular complexity index is 277. The number of carbonyl (C=O) groups excluding carboxylic acids is 1. The highest BCUT2D eigenvalue weighted by atomic mass is 32.1. The molecular weight excluding hydrogens is 168 g/mol. The molecule has 64 valence electrons. The van der Waals surface area contributed by atoms with Crippen LogP contribution in [0.2, 0.25) is 0 Å². The summed E-state index contributed by atoms with van der Waals surface area (Å²) in [6, 6.07) is 10.1. The Morgan fingerprint density at radius 1 is 1.42 bits per heavy atom. The zero-order valence-electron chi connectivity index (χ0n) is 7.03. The first-order chi connectivity index (χ1) is 5.79. The Morgan fingerprint density at radius 3 is 2.67 bits per heavy atom. The van der Waals surface area contributed by atoms with Crippen molar-refractivity contribution in [1.82, 2.24) is 0 Å². The maximum Gasteiger partial charge on any atom is 0.134 e. The van der Waals surface area contributed by atoms with Crippen LogP contribution in [0.15, 0.2) is 35.2 Å². The number of ketones is 1. The van der Waals surface area contributed by atoms with E-state index in [0.717, 1.165) is 11.4 Å². The first kappa shape index (κ1) is 9.20. The fourth-order valence-corrected chi connectivity index (χ4v) is 1.70. The van der Waals surface area contributed by atoms with Gasteiger partial charge >= 0.3 is 0 Å². The van der Waals surface area contributed by atoms with Crippen LogP contribution in [0.3, 0.4) is 0 Å². The Kier molecular flexibility index (Phi) is 3.74. The minimum Gasteiger partial charge on any atom is -0.300 e. The third-order valence-electron chi connectivity index (χ3n) is 1.38. The predicted octanol–water partition coefficient (Wildman–Crippen LogP) is 2.29. The van der Waals surface area contributed by atoms with E-state index in [0.29, 0.717) is 6.42 Å². The van der Waals surface area contributed by atoms with Crippen molar-refractivity contribution in [1.29, 1.82) is 0 Å². The zero-order chi connectivity index (χ0) is 8.81. The molecule has 0 atom stereocenters. The lowest BCUT2D eigenvalue weighted by atomic mass is 10.4. The normalized spacial score (nSPS) is 11.1. The van der Waals surface area contributed by atoms with Gasteiger partial charge in [-0.05, 0) is 24.0 Å². The van der Waals surface area contributed by atoms with Crippen molar-refractivity contribution < 1.29 is 4.79 Å². The van der Waals surface area contributed by atoms with Crippen LogP contribution >= 0.6 is 11.4 Å². The Morgan fingerprint density at radius 2 is 2.08 bits per heavy atom. The van der Waals surface area contributed by atoms with E-state index < -0.39 is 0 Å². The van der Waals surface area contributed by atoms with Crippen LogP contribution in [0.5, 0.6) is 0 Å². The molecule has 2 heteroatoms. The molecule has 1 nitrogen and oxygen atoms in total. The number of hydrogen-bond donors (Lipinski definition) is 1. The van der Waals surface area contributed by atoms with E-state index in [1.54, 1.807) is 6.92 Å². The lowest BCUT2D eigenvalue weighted by Crippen LogP contribution is -1.87. The summed E-state index contributed by atoms with van der Waals surface area (Å²) in [7, 11) is 0. The lowest BCUT2D eigenvalue weighted by Gasteiger charge is -1.90. The second-order valence-electron chi connectivity index (χ2n) is 2.55. The van der Waals surface area contributed by atoms with Gasteiger partial charge in [0.15, 0.2) is 0 Å². The van der Waals surface area contributed by atoms with Gasteiger partial charge in [-0.25, -0.2) is 0 Å². The summed E-state index contributed by atoms with van der Waals surface area (Å²) >= 11 is 1.13. The molecule has 0 saturated carbocycles. The average Bonchev–Trinajstić information content (AvgIpc) is 2.05. The van der Waals surface area contributed by atoms with Gasteiger partial charge in [0.2, 0.25) is 0 Å². The number of hydrogen-bond acceptors (Lipinski definition) is 1. The molecule has 0 aromatic heterocycles. The van der Waals surface area contributed by atoms with Gasteiger partial charge in [-0.1, -0.05) is 23.6 Å². The third kappa shape index (κ3) is 3.49. The Hall–Kier alpha value is -0.890. The third-order valence-corrected chi connectivity index (χ3v) is 2.34. The summed E-state index contributed by atoms with van der Waals surface area (Å²) in [6.07, 6.45) is 0.566. The van der Waals surface area contributed by atoms with Crippen molar-refractivity contribution in [2.75, 3.05) is 0 Å². The molecule has 0 amide bonds. The maximum atomic E-state index is 10.6. The van der Waals surface area contributed by atoms with E-state index in [1.807, 2.05) is 23.6 Å². The SMILES string of the molecule is CC(=O)CC=[SH]c1ccccc1. The second kappa shape index (κ2) is 4.88. The van der Waals surface area contributed by atoms with E-state index in [2.05, 4.69) is 12.1 Å². The van der Waals surface area contributed by atoms with Gasteiger partial charge in [0.25, 0.3) is 0 Å². The Labute approximate surface area is 76.4 Å². The molecule has 0 aliphatic carbocycles. The minimum absolute atomic E-state index is 0.221. The van der Waals surface area contributed by atoms with Gasteiger partial charge in [-0.3, -0.25) is 4.79 Å².